The average molecular weight is 193 g/mol. The van der Waals surface area contributed by atoms with E-state index < -0.39 is 5.66 Å². The van der Waals surface area contributed by atoms with Gasteiger partial charge in [-0.1, -0.05) is 6.08 Å². The lowest BCUT2D eigenvalue weighted by Gasteiger charge is -2.26. The van der Waals surface area contributed by atoms with Crippen molar-refractivity contribution in [1.82, 2.24) is 10.4 Å². The van der Waals surface area contributed by atoms with Crippen LogP contribution in [0.15, 0.2) is 23.4 Å². The number of nitrogens with two attached hydrogens (primary N) is 1. The van der Waals surface area contributed by atoms with Crippen LogP contribution in [0.2, 0.25) is 0 Å². The molecular formula is C11H19N3. The van der Waals surface area contributed by atoms with Gasteiger partial charge in [-0.05, 0) is 38.2 Å². The maximum atomic E-state index is 6.18. The molecule has 1 heterocycles. The molecule has 3 nitrogen and oxygen atoms in total. The first-order valence-electron chi connectivity index (χ1n) is 5.31. The lowest BCUT2D eigenvalue weighted by molar-refractivity contribution is 0.268. The molecule has 1 aliphatic heterocycles. The van der Waals surface area contributed by atoms with E-state index in [1.54, 1.807) is 0 Å². The molecule has 3 N–H and O–H groups in total. The molecule has 1 aliphatic carbocycles. The van der Waals surface area contributed by atoms with Crippen molar-refractivity contribution in [1.29, 1.82) is 0 Å². The SMILES string of the molecule is CN1C=C(C2=CCCCC2)C(C)(N)N1. The van der Waals surface area contributed by atoms with Crippen LogP contribution >= 0.6 is 0 Å². The van der Waals surface area contributed by atoms with Crippen molar-refractivity contribution in [3.63, 3.8) is 0 Å². The van der Waals surface area contributed by atoms with Crippen LogP contribution in [0, 0.1) is 0 Å². The Balaban J connectivity index is 2.24. The van der Waals surface area contributed by atoms with E-state index in [0.717, 1.165) is 0 Å². The van der Waals surface area contributed by atoms with E-state index in [1.165, 1.54) is 36.8 Å². The van der Waals surface area contributed by atoms with Crippen LogP contribution in [0.4, 0.5) is 0 Å². The second kappa shape index (κ2) is 3.41. The van der Waals surface area contributed by atoms with Crippen molar-refractivity contribution < 1.29 is 0 Å². The minimum absolute atomic E-state index is 0.391. The van der Waals surface area contributed by atoms with Gasteiger partial charge in [-0.3, -0.25) is 0 Å². The summed E-state index contributed by atoms with van der Waals surface area (Å²) in [6, 6.07) is 0. The molecule has 0 saturated heterocycles. The molecule has 3 heteroatoms. The third-order valence-electron chi connectivity index (χ3n) is 2.93. The van der Waals surface area contributed by atoms with Gasteiger partial charge in [-0.15, -0.1) is 0 Å². The average Bonchev–Trinajstić information content (AvgIpc) is 2.41. The molecule has 0 aromatic rings. The van der Waals surface area contributed by atoms with Crippen LogP contribution in [-0.4, -0.2) is 17.7 Å². The van der Waals surface area contributed by atoms with Crippen molar-refractivity contribution in [2.45, 2.75) is 38.3 Å². The fourth-order valence-electron chi connectivity index (χ4n) is 2.29. The van der Waals surface area contributed by atoms with Crippen LogP contribution in [-0.2, 0) is 0 Å². The molecule has 0 saturated carbocycles. The molecule has 1 unspecified atom stereocenters. The molecule has 0 radical (unpaired) electrons. The number of allylic oxidation sites excluding steroid dienone is 1. The standard InChI is InChI=1S/C11H19N3/c1-11(12)10(8-14(2)13-11)9-6-4-3-5-7-9/h6,8,13H,3-5,7,12H2,1-2H3. The van der Waals surface area contributed by atoms with E-state index >= 15 is 0 Å². The predicted octanol–water partition coefficient (Wildman–Crippen LogP) is 1.50. The molecule has 0 aromatic carbocycles. The number of rotatable bonds is 1. The predicted molar refractivity (Wildman–Crippen MR) is 58.1 cm³/mol. The summed E-state index contributed by atoms with van der Waals surface area (Å²) in [7, 11) is 1.99. The Morgan fingerprint density at radius 1 is 1.50 bits per heavy atom. The summed E-state index contributed by atoms with van der Waals surface area (Å²) in [5.41, 5.74) is 11.7. The Labute approximate surface area is 85.6 Å². The van der Waals surface area contributed by atoms with Crippen LogP contribution in [0.25, 0.3) is 0 Å². The van der Waals surface area contributed by atoms with E-state index in [-0.39, 0.29) is 0 Å². The fraction of sp³-hybridized carbons (Fsp3) is 0.636. The first kappa shape index (κ1) is 9.74. The largest absolute Gasteiger partial charge is 0.316 e. The quantitative estimate of drug-likeness (QED) is 0.663. The lowest BCUT2D eigenvalue weighted by Crippen LogP contribution is -2.52. The molecule has 78 valence electrons. The highest BCUT2D eigenvalue weighted by molar-refractivity contribution is 5.40. The number of nitrogens with zero attached hydrogens (tertiary/aromatic N) is 1. The first-order valence-corrected chi connectivity index (χ1v) is 5.31. The zero-order chi connectivity index (χ0) is 10.2. The van der Waals surface area contributed by atoms with Gasteiger partial charge in [0, 0.05) is 18.8 Å². The Morgan fingerprint density at radius 3 is 2.79 bits per heavy atom. The molecule has 2 aliphatic rings. The molecule has 1 atom stereocenters. The van der Waals surface area contributed by atoms with E-state index in [0.29, 0.717) is 0 Å². The van der Waals surface area contributed by atoms with Crippen LogP contribution in [0.5, 0.6) is 0 Å². The molecule has 0 spiro atoms. The van der Waals surface area contributed by atoms with Crippen molar-refractivity contribution in [2.24, 2.45) is 5.73 Å². The van der Waals surface area contributed by atoms with Crippen molar-refractivity contribution >= 4 is 0 Å². The van der Waals surface area contributed by atoms with Crippen LogP contribution < -0.4 is 11.2 Å². The van der Waals surface area contributed by atoms with Gasteiger partial charge in [0.25, 0.3) is 0 Å². The van der Waals surface area contributed by atoms with Gasteiger partial charge >= 0.3 is 0 Å². The Kier molecular flexibility index (Phi) is 2.37. The molecular weight excluding hydrogens is 174 g/mol. The molecule has 0 fully saturated rings. The van der Waals surface area contributed by atoms with Gasteiger partial charge < -0.3 is 10.7 Å². The lowest BCUT2D eigenvalue weighted by atomic mass is 9.89. The highest BCUT2D eigenvalue weighted by Crippen LogP contribution is 2.31. The van der Waals surface area contributed by atoms with Gasteiger partial charge in [0.2, 0.25) is 0 Å². The topological polar surface area (TPSA) is 41.3 Å². The third-order valence-corrected chi connectivity index (χ3v) is 2.93. The monoisotopic (exact) mass is 193 g/mol. The summed E-state index contributed by atoms with van der Waals surface area (Å²) in [5, 5.41) is 1.95. The number of hydrazine groups is 1. The van der Waals surface area contributed by atoms with E-state index in [9.17, 15) is 0 Å². The number of hydrogen-bond acceptors (Lipinski definition) is 3. The molecule has 0 amide bonds. The maximum Gasteiger partial charge on any atom is 0.108 e. The smallest absolute Gasteiger partial charge is 0.108 e. The molecule has 14 heavy (non-hydrogen) atoms. The minimum Gasteiger partial charge on any atom is -0.316 e. The van der Waals surface area contributed by atoms with Crippen molar-refractivity contribution in [3.05, 3.63) is 23.4 Å². The zero-order valence-corrected chi connectivity index (χ0v) is 9.01. The number of nitrogens with one attached hydrogen (secondary N) is 1. The van der Waals surface area contributed by atoms with Crippen LogP contribution in [0.1, 0.15) is 32.6 Å². The maximum absolute atomic E-state index is 6.18. The summed E-state index contributed by atoms with van der Waals surface area (Å²) in [4.78, 5) is 0. The summed E-state index contributed by atoms with van der Waals surface area (Å²) >= 11 is 0. The third kappa shape index (κ3) is 1.70. The summed E-state index contributed by atoms with van der Waals surface area (Å²) in [6.07, 6.45) is 9.43. The Morgan fingerprint density at radius 2 is 2.29 bits per heavy atom. The van der Waals surface area contributed by atoms with Gasteiger partial charge in [0.1, 0.15) is 5.66 Å². The minimum atomic E-state index is -0.391. The zero-order valence-electron chi connectivity index (χ0n) is 9.01. The van der Waals surface area contributed by atoms with Gasteiger partial charge in [-0.25, -0.2) is 5.43 Å². The van der Waals surface area contributed by atoms with Crippen molar-refractivity contribution in [2.75, 3.05) is 7.05 Å². The number of hydrogen-bond donors (Lipinski definition) is 2. The first-order chi connectivity index (χ1) is 6.59. The van der Waals surface area contributed by atoms with E-state index in [4.69, 9.17) is 5.73 Å². The van der Waals surface area contributed by atoms with Gasteiger partial charge in [-0.2, -0.15) is 0 Å². The van der Waals surface area contributed by atoms with Gasteiger partial charge in [0.05, 0.1) is 0 Å². The normalized spacial score (nSPS) is 32.9. The highest BCUT2D eigenvalue weighted by Gasteiger charge is 2.32. The van der Waals surface area contributed by atoms with Crippen molar-refractivity contribution in [3.8, 4) is 0 Å². The van der Waals surface area contributed by atoms with E-state index in [1.807, 2.05) is 19.0 Å². The second-order valence-corrected chi connectivity index (χ2v) is 4.44. The second-order valence-electron chi connectivity index (χ2n) is 4.44. The molecule has 0 bridgehead atoms. The van der Waals surface area contributed by atoms with E-state index in [2.05, 4.69) is 17.7 Å². The fourth-order valence-corrected chi connectivity index (χ4v) is 2.29. The Hall–Kier alpha value is -0.800. The highest BCUT2D eigenvalue weighted by atomic mass is 15.6. The Bertz CT molecular complexity index is 289. The summed E-state index contributed by atoms with van der Waals surface area (Å²) < 4.78 is 0. The van der Waals surface area contributed by atoms with Gasteiger partial charge in [0.15, 0.2) is 0 Å². The molecule has 2 rings (SSSR count). The summed E-state index contributed by atoms with van der Waals surface area (Å²) in [5.74, 6) is 0. The summed E-state index contributed by atoms with van der Waals surface area (Å²) in [6.45, 7) is 2.03. The van der Waals surface area contributed by atoms with Crippen LogP contribution in [0.3, 0.4) is 0 Å². The molecule has 0 aromatic heterocycles.